The van der Waals surface area contributed by atoms with Gasteiger partial charge in [0.15, 0.2) is 0 Å². The number of rotatable bonds is 4. The first-order valence-electron chi connectivity index (χ1n) is 8.06. The van der Waals surface area contributed by atoms with Gasteiger partial charge in [-0.15, -0.1) is 13.2 Å². The van der Waals surface area contributed by atoms with E-state index in [4.69, 9.17) is 0 Å². The summed E-state index contributed by atoms with van der Waals surface area (Å²) in [6, 6.07) is 6.39. The monoisotopic (exact) mass is 352 g/mol. The molecule has 1 aromatic heterocycles. The summed E-state index contributed by atoms with van der Waals surface area (Å²) in [5, 5.41) is 3.09. The van der Waals surface area contributed by atoms with Gasteiger partial charge in [0.1, 0.15) is 11.6 Å². The van der Waals surface area contributed by atoms with Crippen molar-refractivity contribution in [3.63, 3.8) is 0 Å². The summed E-state index contributed by atoms with van der Waals surface area (Å²) >= 11 is 0. The van der Waals surface area contributed by atoms with Crippen LogP contribution in [0.3, 0.4) is 0 Å². The highest BCUT2D eigenvalue weighted by molar-refractivity contribution is 5.49. The zero-order chi connectivity index (χ0) is 18.0. The van der Waals surface area contributed by atoms with Crippen LogP contribution in [0.15, 0.2) is 24.3 Å². The van der Waals surface area contributed by atoms with E-state index in [1.54, 1.807) is 6.07 Å². The fourth-order valence-electron chi connectivity index (χ4n) is 2.88. The predicted octanol–water partition coefficient (Wildman–Crippen LogP) is 3.68. The van der Waals surface area contributed by atoms with Gasteiger partial charge in [0.2, 0.25) is 5.95 Å². The Morgan fingerprint density at radius 1 is 1.20 bits per heavy atom. The second kappa shape index (κ2) is 6.78. The van der Waals surface area contributed by atoms with Gasteiger partial charge in [-0.25, -0.2) is 4.98 Å². The second-order valence-corrected chi connectivity index (χ2v) is 5.87. The summed E-state index contributed by atoms with van der Waals surface area (Å²) in [5.74, 6) is 1.12. The summed E-state index contributed by atoms with van der Waals surface area (Å²) in [7, 11) is 0. The van der Waals surface area contributed by atoms with Gasteiger partial charge >= 0.3 is 6.36 Å². The van der Waals surface area contributed by atoms with E-state index < -0.39 is 6.36 Å². The van der Waals surface area contributed by atoms with E-state index in [0.29, 0.717) is 19.0 Å². The van der Waals surface area contributed by atoms with Crippen molar-refractivity contribution in [2.45, 2.75) is 33.2 Å². The third-order valence-corrected chi connectivity index (χ3v) is 3.92. The van der Waals surface area contributed by atoms with Crippen LogP contribution >= 0.6 is 0 Å². The van der Waals surface area contributed by atoms with Gasteiger partial charge in [-0.3, -0.25) is 0 Å². The Hall–Kier alpha value is -2.51. The van der Waals surface area contributed by atoms with Gasteiger partial charge in [-0.2, -0.15) is 4.98 Å². The van der Waals surface area contributed by atoms with E-state index in [-0.39, 0.29) is 5.75 Å². The van der Waals surface area contributed by atoms with Crippen LogP contribution < -0.4 is 15.0 Å². The minimum absolute atomic E-state index is 0.194. The smallest absolute Gasteiger partial charge is 0.406 e. The molecule has 2 aromatic rings. The first-order valence-corrected chi connectivity index (χ1v) is 8.06. The molecule has 0 saturated heterocycles. The molecular weight excluding hydrogens is 333 g/mol. The number of hydrogen-bond acceptors (Lipinski definition) is 5. The average molecular weight is 352 g/mol. The Morgan fingerprint density at radius 3 is 2.72 bits per heavy atom. The van der Waals surface area contributed by atoms with Crippen LogP contribution in [0.2, 0.25) is 0 Å². The zero-order valence-corrected chi connectivity index (χ0v) is 14.0. The molecule has 2 heterocycles. The lowest BCUT2D eigenvalue weighted by Gasteiger charge is -2.30. The van der Waals surface area contributed by atoms with Crippen molar-refractivity contribution in [3.8, 4) is 5.75 Å². The molecule has 3 rings (SSSR count). The average Bonchev–Trinajstić information content (AvgIpc) is 2.52. The van der Waals surface area contributed by atoms with E-state index >= 15 is 0 Å². The molecule has 1 aliphatic heterocycles. The van der Waals surface area contributed by atoms with Gasteiger partial charge in [0.05, 0.1) is 0 Å². The molecule has 8 heteroatoms. The van der Waals surface area contributed by atoms with Gasteiger partial charge < -0.3 is 15.0 Å². The van der Waals surface area contributed by atoms with Crippen molar-refractivity contribution < 1.29 is 17.9 Å². The maximum atomic E-state index is 12.4. The molecule has 25 heavy (non-hydrogen) atoms. The first kappa shape index (κ1) is 17.3. The molecule has 0 spiro atoms. The Kier molecular flexibility index (Phi) is 4.69. The molecule has 0 amide bonds. The normalized spacial score (nSPS) is 14.2. The molecule has 0 atom stereocenters. The summed E-state index contributed by atoms with van der Waals surface area (Å²) in [6.45, 7) is 5.79. The maximum Gasteiger partial charge on any atom is 0.573 e. The third-order valence-electron chi connectivity index (χ3n) is 3.92. The number of alkyl halides is 3. The van der Waals surface area contributed by atoms with Crippen molar-refractivity contribution in [1.82, 2.24) is 9.97 Å². The van der Waals surface area contributed by atoms with Gasteiger partial charge in [-0.05, 0) is 43.5 Å². The molecule has 5 nitrogen and oxygen atoms in total. The Bertz CT molecular complexity index is 764. The molecule has 0 aliphatic carbocycles. The topological polar surface area (TPSA) is 50.3 Å². The highest BCUT2D eigenvalue weighted by atomic mass is 19.4. The van der Waals surface area contributed by atoms with Gasteiger partial charge in [-0.1, -0.05) is 6.07 Å². The van der Waals surface area contributed by atoms with E-state index in [0.717, 1.165) is 35.6 Å². The number of nitrogens with zero attached hydrogens (tertiary/aromatic N) is 3. The number of ether oxygens (including phenoxy) is 1. The van der Waals surface area contributed by atoms with Crippen LogP contribution in [-0.4, -0.2) is 29.4 Å². The number of aromatic nitrogens is 2. The predicted molar refractivity (Wildman–Crippen MR) is 88.8 cm³/mol. The first-order chi connectivity index (χ1) is 11.8. The number of nitrogens with one attached hydrogen (secondary N) is 1. The molecule has 134 valence electrons. The SMILES string of the molecule is CCNc1nc(C)cc(N2CCc3ccc(OC(F)(F)F)cc3C2)n1. The Labute approximate surface area is 143 Å². The summed E-state index contributed by atoms with van der Waals surface area (Å²) in [5.41, 5.74) is 2.68. The fraction of sp³-hybridized carbons (Fsp3) is 0.412. The molecule has 0 fully saturated rings. The molecule has 1 N–H and O–H groups in total. The van der Waals surface area contributed by atoms with Crippen molar-refractivity contribution in [2.24, 2.45) is 0 Å². The Balaban J connectivity index is 1.84. The van der Waals surface area contributed by atoms with E-state index in [1.807, 2.05) is 24.8 Å². The number of fused-ring (bicyclic) bond motifs is 1. The van der Waals surface area contributed by atoms with Gasteiger partial charge in [0, 0.05) is 31.4 Å². The van der Waals surface area contributed by atoms with Crippen LogP contribution in [0.5, 0.6) is 5.75 Å². The van der Waals surface area contributed by atoms with E-state index in [2.05, 4.69) is 20.0 Å². The molecular formula is C17H19F3N4O. The van der Waals surface area contributed by atoms with Crippen molar-refractivity contribution >= 4 is 11.8 Å². The summed E-state index contributed by atoms with van der Waals surface area (Å²) in [4.78, 5) is 10.9. The standard InChI is InChI=1S/C17H19F3N4O/c1-3-21-16-22-11(2)8-15(23-16)24-7-6-12-4-5-14(9-13(12)10-24)25-17(18,19)20/h4-5,8-9H,3,6-7,10H2,1-2H3,(H,21,22,23). The number of aryl methyl sites for hydroxylation is 1. The van der Waals surface area contributed by atoms with Crippen LogP contribution in [-0.2, 0) is 13.0 Å². The quantitative estimate of drug-likeness (QED) is 0.910. The minimum atomic E-state index is -4.69. The third kappa shape index (κ3) is 4.32. The number of anilines is 2. The van der Waals surface area contributed by atoms with Crippen LogP contribution in [0.1, 0.15) is 23.7 Å². The highest BCUT2D eigenvalue weighted by Crippen LogP contribution is 2.29. The lowest BCUT2D eigenvalue weighted by Crippen LogP contribution is -2.31. The molecule has 0 radical (unpaired) electrons. The van der Waals surface area contributed by atoms with E-state index in [1.165, 1.54) is 12.1 Å². The zero-order valence-electron chi connectivity index (χ0n) is 14.0. The Morgan fingerprint density at radius 2 is 2.00 bits per heavy atom. The molecule has 0 unspecified atom stereocenters. The maximum absolute atomic E-state index is 12.4. The van der Waals surface area contributed by atoms with Crippen LogP contribution in [0.4, 0.5) is 24.9 Å². The fourth-order valence-corrected chi connectivity index (χ4v) is 2.88. The minimum Gasteiger partial charge on any atom is -0.406 e. The summed E-state index contributed by atoms with van der Waals surface area (Å²) in [6.07, 6.45) is -3.95. The summed E-state index contributed by atoms with van der Waals surface area (Å²) < 4.78 is 41.3. The lowest BCUT2D eigenvalue weighted by molar-refractivity contribution is -0.274. The lowest BCUT2D eigenvalue weighted by atomic mass is 9.99. The highest BCUT2D eigenvalue weighted by Gasteiger charge is 2.31. The number of hydrogen-bond donors (Lipinski definition) is 1. The van der Waals surface area contributed by atoms with Crippen molar-refractivity contribution in [2.75, 3.05) is 23.3 Å². The number of benzene rings is 1. The van der Waals surface area contributed by atoms with Gasteiger partial charge in [0.25, 0.3) is 0 Å². The molecule has 1 aliphatic rings. The molecule has 1 aromatic carbocycles. The molecule has 0 saturated carbocycles. The van der Waals surface area contributed by atoms with Crippen LogP contribution in [0, 0.1) is 6.92 Å². The van der Waals surface area contributed by atoms with Crippen molar-refractivity contribution in [1.29, 1.82) is 0 Å². The van der Waals surface area contributed by atoms with E-state index in [9.17, 15) is 13.2 Å². The second-order valence-electron chi connectivity index (χ2n) is 5.87. The molecule has 0 bridgehead atoms. The number of halogens is 3. The van der Waals surface area contributed by atoms with Crippen LogP contribution in [0.25, 0.3) is 0 Å². The van der Waals surface area contributed by atoms with Crippen molar-refractivity contribution in [3.05, 3.63) is 41.1 Å². The largest absolute Gasteiger partial charge is 0.573 e.